The Labute approximate surface area is 109 Å². The van der Waals surface area contributed by atoms with Crippen molar-refractivity contribution in [2.24, 2.45) is 7.05 Å². The fourth-order valence-corrected chi connectivity index (χ4v) is 1.99. The SMILES string of the molecule is Cn1c(CNC(=O)c2cn[nH]c2)nc2ccccc21. The Balaban J connectivity index is 1.79. The molecule has 19 heavy (non-hydrogen) atoms. The number of para-hydroxylation sites is 2. The number of nitrogens with one attached hydrogen (secondary N) is 2. The highest BCUT2D eigenvalue weighted by molar-refractivity contribution is 5.93. The molecule has 2 aromatic heterocycles. The molecule has 6 heteroatoms. The molecule has 0 unspecified atom stereocenters. The second-order valence-electron chi connectivity index (χ2n) is 4.25. The van der Waals surface area contributed by atoms with Gasteiger partial charge in [0.1, 0.15) is 5.82 Å². The molecule has 0 spiro atoms. The van der Waals surface area contributed by atoms with Crippen LogP contribution in [0.3, 0.4) is 0 Å². The summed E-state index contributed by atoms with van der Waals surface area (Å²) in [5.74, 6) is 0.652. The highest BCUT2D eigenvalue weighted by atomic mass is 16.1. The molecule has 0 aliphatic heterocycles. The largest absolute Gasteiger partial charge is 0.345 e. The van der Waals surface area contributed by atoms with E-state index in [0.29, 0.717) is 12.1 Å². The second kappa shape index (κ2) is 4.56. The van der Waals surface area contributed by atoms with Crippen molar-refractivity contribution in [1.82, 2.24) is 25.1 Å². The average molecular weight is 255 g/mol. The maximum absolute atomic E-state index is 11.8. The lowest BCUT2D eigenvalue weighted by molar-refractivity contribution is 0.0949. The molecule has 3 aromatic rings. The number of hydrogen-bond donors (Lipinski definition) is 2. The van der Waals surface area contributed by atoms with Crippen molar-refractivity contribution in [3.05, 3.63) is 48.0 Å². The van der Waals surface area contributed by atoms with Crippen molar-refractivity contribution in [3.63, 3.8) is 0 Å². The molecular formula is C13H13N5O. The maximum atomic E-state index is 11.8. The van der Waals surface area contributed by atoms with E-state index in [2.05, 4.69) is 20.5 Å². The first-order valence-corrected chi connectivity index (χ1v) is 5.93. The second-order valence-corrected chi connectivity index (χ2v) is 4.25. The van der Waals surface area contributed by atoms with Gasteiger partial charge in [-0.15, -0.1) is 0 Å². The standard InChI is InChI=1S/C13H13N5O/c1-18-11-5-3-2-4-10(11)17-12(18)8-14-13(19)9-6-15-16-7-9/h2-7H,8H2,1H3,(H,14,19)(H,15,16). The zero-order valence-electron chi connectivity index (χ0n) is 10.4. The number of nitrogens with zero attached hydrogens (tertiary/aromatic N) is 3. The number of aromatic nitrogens is 4. The summed E-state index contributed by atoms with van der Waals surface area (Å²) in [5.41, 5.74) is 2.49. The Morgan fingerprint density at radius 3 is 3.00 bits per heavy atom. The summed E-state index contributed by atoms with van der Waals surface area (Å²) in [4.78, 5) is 16.3. The van der Waals surface area contributed by atoms with Gasteiger partial charge in [-0.3, -0.25) is 9.89 Å². The number of amides is 1. The highest BCUT2D eigenvalue weighted by Crippen LogP contribution is 2.13. The van der Waals surface area contributed by atoms with Gasteiger partial charge in [-0.2, -0.15) is 5.10 Å². The third kappa shape index (κ3) is 2.08. The van der Waals surface area contributed by atoms with E-state index in [-0.39, 0.29) is 5.91 Å². The van der Waals surface area contributed by atoms with Crippen LogP contribution in [0.4, 0.5) is 0 Å². The number of hydrogen-bond acceptors (Lipinski definition) is 3. The molecule has 1 aromatic carbocycles. The van der Waals surface area contributed by atoms with Gasteiger partial charge in [-0.1, -0.05) is 12.1 Å². The summed E-state index contributed by atoms with van der Waals surface area (Å²) < 4.78 is 1.98. The van der Waals surface area contributed by atoms with Gasteiger partial charge < -0.3 is 9.88 Å². The smallest absolute Gasteiger partial charge is 0.254 e. The molecule has 96 valence electrons. The molecule has 0 aliphatic carbocycles. The number of rotatable bonds is 3. The zero-order chi connectivity index (χ0) is 13.2. The lowest BCUT2D eigenvalue weighted by Gasteiger charge is -2.04. The van der Waals surface area contributed by atoms with Gasteiger partial charge in [0, 0.05) is 13.2 Å². The van der Waals surface area contributed by atoms with Crippen LogP contribution in [-0.4, -0.2) is 25.7 Å². The van der Waals surface area contributed by atoms with Crippen LogP contribution in [0.1, 0.15) is 16.2 Å². The third-order valence-corrected chi connectivity index (χ3v) is 3.05. The quantitative estimate of drug-likeness (QED) is 0.739. The number of imidazole rings is 1. The molecule has 0 saturated carbocycles. The van der Waals surface area contributed by atoms with Crippen molar-refractivity contribution in [2.45, 2.75) is 6.54 Å². The van der Waals surface area contributed by atoms with Crippen LogP contribution in [0.2, 0.25) is 0 Å². The van der Waals surface area contributed by atoms with Crippen molar-refractivity contribution in [2.75, 3.05) is 0 Å². The number of fused-ring (bicyclic) bond motifs is 1. The van der Waals surface area contributed by atoms with E-state index in [0.717, 1.165) is 16.9 Å². The number of benzene rings is 1. The van der Waals surface area contributed by atoms with Crippen LogP contribution < -0.4 is 5.32 Å². The van der Waals surface area contributed by atoms with Gasteiger partial charge in [0.25, 0.3) is 5.91 Å². The van der Waals surface area contributed by atoms with Gasteiger partial charge in [0.2, 0.25) is 0 Å². The Morgan fingerprint density at radius 2 is 2.26 bits per heavy atom. The van der Waals surface area contributed by atoms with Crippen LogP contribution in [0.15, 0.2) is 36.7 Å². The number of aromatic amines is 1. The van der Waals surface area contributed by atoms with Crippen molar-refractivity contribution in [3.8, 4) is 0 Å². The molecular weight excluding hydrogens is 242 g/mol. The molecule has 0 saturated heterocycles. The topological polar surface area (TPSA) is 75.6 Å². The van der Waals surface area contributed by atoms with Gasteiger partial charge >= 0.3 is 0 Å². The summed E-state index contributed by atoms with van der Waals surface area (Å²) in [7, 11) is 1.94. The number of H-pyrrole nitrogens is 1. The summed E-state index contributed by atoms with van der Waals surface area (Å²) in [6.07, 6.45) is 3.05. The monoisotopic (exact) mass is 255 g/mol. The maximum Gasteiger partial charge on any atom is 0.254 e. The first-order chi connectivity index (χ1) is 9.25. The van der Waals surface area contributed by atoms with Gasteiger partial charge in [0.15, 0.2) is 0 Å². The van der Waals surface area contributed by atoms with Crippen LogP contribution in [0.5, 0.6) is 0 Å². The van der Waals surface area contributed by atoms with Crippen molar-refractivity contribution >= 4 is 16.9 Å². The summed E-state index contributed by atoms with van der Waals surface area (Å²) in [6.45, 7) is 0.384. The molecule has 0 bridgehead atoms. The molecule has 6 nitrogen and oxygen atoms in total. The van der Waals surface area contributed by atoms with Crippen molar-refractivity contribution < 1.29 is 4.79 Å². The van der Waals surface area contributed by atoms with Crippen LogP contribution in [-0.2, 0) is 13.6 Å². The molecule has 0 radical (unpaired) electrons. The Hall–Kier alpha value is -2.63. The minimum absolute atomic E-state index is 0.166. The minimum Gasteiger partial charge on any atom is -0.345 e. The third-order valence-electron chi connectivity index (χ3n) is 3.05. The number of carbonyl (C=O) groups is 1. The molecule has 3 rings (SSSR count). The normalized spacial score (nSPS) is 10.8. The average Bonchev–Trinajstić information content (AvgIpc) is 3.05. The summed E-state index contributed by atoms with van der Waals surface area (Å²) in [5, 5.41) is 9.17. The summed E-state index contributed by atoms with van der Waals surface area (Å²) >= 11 is 0. The minimum atomic E-state index is -0.166. The summed E-state index contributed by atoms with van der Waals surface area (Å²) in [6, 6.07) is 7.88. The van der Waals surface area contributed by atoms with E-state index in [1.807, 2.05) is 35.9 Å². The van der Waals surface area contributed by atoms with Crippen LogP contribution in [0.25, 0.3) is 11.0 Å². The van der Waals surface area contributed by atoms with E-state index in [1.165, 1.54) is 6.20 Å². The molecule has 2 N–H and O–H groups in total. The van der Waals surface area contributed by atoms with Gasteiger partial charge in [-0.25, -0.2) is 4.98 Å². The van der Waals surface area contributed by atoms with E-state index >= 15 is 0 Å². The highest BCUT2D eigenvalue weighted by Gasteiger charge is 2.10. The molecule has 1 amide bonds. The predicted molar refractivity (Wildman–Crippen MR) is 70.5 cm³/mol. The van der Waals surface area contributed by atoms with E-state index in [1.54, 1.807) is 6.20 Å². The van der Waals surface area contributed by atoms with Gasteiger partial charge in [0.05, 0.1) is 29.3 Å². The van der Waals surface area contributed by atoms with Crippen LogP contribution >= 0.6 is 0 Å². The first-order valence-electron chi connectivity index (χ1n) is 5.93. The number of carbonyl (C=O) groups excluding carboxylic acids is 1. The lowest BCUT2D eigenvalue weighted by Crippen LogP contribution is -2.24. The zero-order valence-corrected chi connectivity index (χ0v) is 10.4. The Morgan fingerprint density at radius 1 is 1.42 bits per heavy atom. The van der Waals surface area contributed by atoms with E-state index < -0.39 is 0 Å². The first kappa shape index (κ1) is 11.5. The van der Waals surface area contributed by atoms with E-state index in [9.17, 15) is 4.79 Å². The fourth-order valence-electron chi connectivity index (χ4n) is 1.99. The molecule has 2 heterocycles. The number of aryl methyl sites for hydroxylation is 1. The molecule has 0 aliphatic rings. The molecule has 0 fully saturated rings. The Kier molecular flexibility index (Phi) is 2.75. The van der Waals surface area contributed by atoms with Gasteiger partial charge in [-0.05, 0) is 12.1 Å². The van der Waals surface area contributed by atoms with E-state index in [4.69, 9.17) is 0 Å². The lowest BCUT2D eigenvalue weighted by atomic mass is 10.3. The Bertz CT molecular complexity index is 714. The fraction of sp³-hybridized carbons (Fsp3) is 0.154. The van der Waals surface area contributed by atoms with Crippen molar-refractivity contribution in [1.29, 1.82) is 0 Å². The molecule has 0 atom stereocenters. The van der Waals surface area contributed by atoms with Crippen LogP contribution in [0, 0.1) is 0 Å². The predicted octanol–water partition coefficient (Wildman–Crippen LogP) is 1.23.